The molecule has 2 N–H and O–H groups in total. The molecule has 3 heteroatoms. The third kappa shape index (κ3) is 0.881. The second kappa shape index (κ2) is 1.74. The van der Waals surface area contributed by atoms with E-state index in [0.29, 0.717) is 13.1 Å². The molecule has 1 nitrogen and oxygen atoms in total. The van der Waals surface area contributed by atoms with Gasteiger partial charge >= 0.3 is 0 Å². The van der Waals surface area contributed by atoms with Crippen molar-refractivity contribution in [3.05, 3.63) is 0 Å². The Hall–Kier alpha value is -0.180. The number of rotatable bonds is 1. The predicted molar refractivity (Wildman–Crippen MR) is 21.2 cm³/mol. The third-order valence-electron chi connectivity index (χ3n) is 1.30. The summed E-state index contributed by atoms with van der Waals surface area (Å²) >= 11 is 0. The van der Waals surface area contributed by atoms with E-state index < -0.39 is 6.43 Å². The van der Waals surface area contributed by atoms with E-state index in [1.165, 1.54) is 0 Å². The average molecular weight is 108 g/mol. The van der Waals surface area contributed by atoms with Gasteiger partial charge in [0.1, 0.15) is 5.92 Å². The highest BCUT2D eigenvalue weighted by Crippen LogP contribution is 2.07. The fourth-order valence-corrected chi connectivity index (χ4v) is 0.565. The van der Waals surface area contributed by atoms with Crippen LogP contribution in [0.4, 0.5) is 8.78 Å². The van der Waals surface area contributed by atoms with E-state index in [0.717, 1.165) is 0 Å². The fraction of sp³-hybridized carbons (Fsp3) is 1.00. The third-order valence-corrected chi connectivity index (χ3v) is 1.30. The normalized spacial score (nSPS) is 22.7. The summed E-state index contributed by atoms with van der Waals surface area (Å²) in [6.45, 7) is 1.25. The molecule has 0 aromatic carbocycles. The minimum absolute atomic E-state index is 0.306. The van der Waals surface area contributed by atoms with Crippen LogP contribution >= 0.6 is 0 Å². The van der Waals surface area contributed by atoms with Crippen molar-refractivity contribution in [1.29, 1.82) is 0 Å². The summed E-state index contributed by atoms with van der Waals surface area (Å²) in [7, 11) is 0. The van der Waals surface area contributed by atoms with Gasteiger partial charge in [0.15, 0.2) is 0 Å². The van der Waals surface area contributed by atoms with E-state index >= 15 is 0 Å². The van der Waals surface area contributed by atoms with Gasteiger partial charge in [-0.2, -0.15) is 0 Å². The Morgan fingerprint density at radius 2 is 2.00 bits per heavy atom. The summed E-state index contributed by atoms with van der Waals surface area (Å²) < 4.78 is 22.9. The number of quaternary nitrogens is 1. The lowest BCUT2D eigenvalue weighted by atomic mass is 10.1. The molecular weight excluding hydrogens is 100 g/mol. The topological polar surface area (TPSA) is 16.6 Å². The summed E-state index contributed by atoms with van der Waals surface area (Å²) in [5, 5.41) is 1.89. The molecule has 1 saturated heterocycles. The molecule has 42 valence electrons. The first-order chi connectivity index (χ1) is 3.30. The molecule has 1 heterocycles. The van der Waals surface area contributed by atoms with Crippen molar-refractivity contribution in [2.75, 3.05) is 13.1 Å². The molecule has 0 aliphatic carbocycles. The molecule has 0 aromatic heterocycles. The highest BCUT2D eigenvalue weighted by molar-refractivity contribution is 4.61. The summed E-state index contributed by atoms with van der Waals surface area (Å²) in [5.41, 5.74) is 0. The largest absolute Gasteiger partial charge is 0.345 e. The van der Waals surface area contributed by atoms with Gasteiger partial charge < -0.3 is 5.32 Å². The Morgan fingerprint density at radius 1 is 1.43 bits per heavy atom. The number of halogens is 2. The van der Waals surface area contributed by atoms with Crippen molar-refractivity contribution < 1.29 is 14.1 Å². The quantitative estimate of drug-likeness (QED) is 0.464. The minimum Gasteiger partial charge on any atom is -0.345 e. The van der Waals surface area contributed by atoms with Gasteiger partial charge in [-0.25, -0.2) is 8.78 Å². The van der Waals surface area contributed by atoms with Crippen molar-refractivity contribution in [1.82, 2.24) is 0 Å². The van der Waals surface area contributed by atoms with Crippen LogP contribution in [0.5, 0.6) is 0 Å². The van der Waals surface area contributed by atoms with E-state index in [-0.39, 0.29) is 5.92 Å². The number of hydrogen-bond donors (Lipinski definition) is 1. The lowest BCUT2D eigenvalue weighted by Gasteiger charge is -2.21. The van der Waals surface area contributed by atoms with Gasteiger partial charge in [-0.05, 0) is 0 Å². The Morgan fingerprint density at radius 3 is 2.00 bits per heavy atom. The molecule has 0 saturated carbocycles. The number of nitrogens with two attached hydrogens (primary N) is 1. The van der Waals surface area contributed by atoms with Gasteiger partial charge in [-0.3, -0.25) is 0 Å². The first kappa shape index (κ1) is 4.97. The molecule has 0 aromatic rings. The smallest absolute Gasteiger partial charge is 0.252 e. The van der Waals surface area contributed by atoms with Crippen LogP contribution in [0.1, 0.15) is 0 Å². The van der Waals surface area contributed by atoms with E-state index in [1.54, 1.807) is 0 Å². The summed E-state index contributed by atoms with van der Waals surface area (Å²) in [6, 6.07) is 0. The SMILES string of the molecule is FC(F)C1C[NH2+]C1. The summed E-state index contributed by atoms with van der Waals surface area (Å²) in [5.74, 6) is -0.306. The molecule has 1 aliphatic heterocycles. The van der Waals surface area contributed by atoms with E-state index in [1.807, 2.05) is 5.32 Å². The maximum atomic E-state index is 11.5. The Kier molecular flexibility index (Phi) is 1.23. The van der Waals surface area contributed by atoms with Crippen LogP contribution in [-0.4, -0.2) is 19.5 Å². The van der Waals surface area contributed by atoms with Crippen LogP contribution in [-0.2, 0) is 0 Å². The molecule has 0 radical (unpaired) electrons. The first-order valence-electron chi connectivity index (χ1n) is 2.40. The van der Waals surface area contributed by atoms with Crippen LogP contribution in [0.3, 0.4) is 0 Å². The standard InChI is InChI=1S/C4H7F2N/c5-4(6)3-1-7-2-3/h3-4,7H,1-2H2/p+1. The van der Waals surface area contributed by atoms with Crippen molar-refractivity contribution in [3.8, 4) is 0 Å². The van der Waals surface area contributed by atoms with Crippen molar-refractivity contribution in [3.63, 3.8) is 0 Å². The lowest BCUT2D eigenvalue weighted by Crippen LogP contribution is -2.97. The molecule has 0 spiro atoms. The second-order valence-electron chi connectivity index (χ2n) is 1.85. The zero-order chi connectivity index (χ0) is 5.28. The zero-order valence-electron chi connectivity index (χ0n) is 3.90. The van der Waals surface area contributed by atoms with Gasteiger partial charge in [-0.15, -0.1) is 0 Å². The van der Waals surface area contributed by atoms with Crippen LogP contribution in [0.25, 0.3) is 0 Å². The van der Waals surface area contributed by atoms with Crippen LogP contribution < -0.4 is 5.32 Å². The summed E-state index contributed by atoms with van der Waals surface area (Å²) in [6.07, 6.45) is -2.08. The van der Waals surface area contributed by atoms with Gasteiger partial charge in [0, 0.05) is 0 Å². The van der Waals surface area contributed by atoms with Crippen molar-refractivity contribution in [2.45, 2.75) is 6.43 Å². The molecule has 7 heavy (non-hydrogen) atoms. The molecule has 0 amide bonds. The van der Waals surface area contributed by atoms with Crippen molar-refractivity contribution in [2.24, 2.45) is 5.92 Å². The van der Waals surface area contributed by atoms with Crippen LogP contribution in [0.15, 0.2) is 0 Å². The number of alkyl halides is 2. The maximum Gasteiger partial charge on any atom is 0.252 e. The van der Waals surface area contributed by atoms with Gasteiger partial charge in [-0.1, -0.05) is 0 Å². The van der Waals surface area contributed by atoms with Crippen LogP contribution in [0, 0.1) is 5.92 Å². The van der Waals surface area contributed by atoms with Crippen molar-refractivity contribution >= 4 is 0 Å². The molecule has 1 aliphatic rings. The first-order valence-corrected chi connectivity index (χ1v) is 2.40. The minimum atomic E-state index is -2.08. The monoisotopic (exact) mass is 108 g/mol. The fourth-order valence-electron chi connectivity index (χ4n) is 0.565. The van der Waals surface area contributed by atoms with Gasteiger partial charge in [0.05, 0.1) is 13.1 Å². The van der Waals surface area contributed by atoms with E-state index in [9.17, 15) is 8.78 Å². The molecular formula is C4H8F2N+. The van der Waals surface area contributed by atoms with Crippen LogP contribution in [0.2, 0.25) is 0 Å². The van der Waals surface area contributed by atoms with Gasteiger partial charge in [0.25, 0.3) is 6.43 Å². The lowest BCUT2D eigenvalue weighted by molar-refractivity contribution is -0.727. The average Bonchev–Trinajstić information content (AvgIpc) is 1.23. The highest BCUT2D eigenvalue weighted by atomic mass is 19.3. The van der Waals surface area contributed by atoms with E-state index in [2.05, 4.69) is 0 Å². The summed E-state index contributed by atoms with van der Waals surface area (Å²) in [4.78, 5) is 0. The molecule has 1 rings (SSSR count). The Bertz CT molecular complexity index is 60.7. The Labute approximate surface area is 40.7 Å². The highest BCUT2D eigenvalue weighted by Gasteiger charge is 2.30. The second-order valence-corrected chi connectivity index (χ2v) is 1.85. The zero-order valence-corrected chi connectivity index (χ0v) is 3.90. The maximum absolute atomic E-state index is 11.5. The molecule has 0 unspecified atom stereocenters. The predicted octanol–water partition coefficient (Wildman–Crippen LogP) is -0.555. The Balaban J connectivity index is 2.14. The molecule has 0 atom stereocenters. The molecule has 0 bridgehead atoms. The van der Waals surface area contributed by atoms with E-state index in [4.69, 9.17) is 0 Å². The number of hydrogen-bond acceptors (Lipinski definition) is 0. The molecule has 1 fully saturated rings. The van der Waals surface area contributed by atoms with Gasteiger partial charge in [0.2, 0.25) is 0 Å².